The Morgan fingerprint density at radius 2 is 2.00 bits per heavy atom. The molecule has 4 nitrogen and oxygen atoms in total. The molecule has 0 unspecified atom stereocenters. The maximum Gasteiger partial charge on any atom is 0.255 e. The van der Waals surface area contributed by atoms with E-state index in [1.807, 2.05) is 12.1 Å². The summed E-state index contributed by atoms with van der Waals surface area (Å²) in [5.41, 5.74) is 3.87. The lowest BCUT2D eigenvalue weighted by atomic mass is 10.0. The highest BCUT2D eigenvalue weighted by Crippen LogP contribution is 2.32. The molecule has 5 heteroatoms. The van der Waals surface area contributed by atoms with Crippen molar-refractivity contribution in [3.05, 3.63) is 89.0 Å². The Bertz CT molecular complexity index is 1040. The third-order valence-electron chi connectivity index (χ3n) is 4.32. The average molecular weight is 346 g/mol. The van der Waals surface area contributed by atoms with E-state index in [0.29, 0.717) is 23.2 Å². The third kappa shape index (κ3) is 3.07. The molecular formula is C21H15FN2O2. The molecule has 1 amide bonds. The van der Waals surface area contributed by atoms with Gasteiger partial charge in [-0.15, -0.1) is 0 Å². The number of aromatic nitrogens is 1. The number of nitrogens with one attached hydrogen (secondary N) is 2. The number of benzene rings is 2. The molecule has 0 spiro atoms. The van der Waals surface area contributed by atoms with E-state index in [4.69, 9.17) is 0 Å². The molecule has 4 rings (SSSR count). The summed E-state index contributed by atoms with van der Waals surface area (Å²) < 4.78 is 13.3. The van der Waals surface area contributed by atoms with Crippen LogP contribution in [-0.4, -0.2) is 16.7 Å². The number of hydrogen-bond donors (Lipinski definition) is 2. The SMILES string of the molecule is O=C1Cc2ccc(C(=O)Nc3cccc(F)c3)cc2/C1=C/c1ccc[nH]1. The predicted octanol–water partition coefficient (Wildman–Crippen LogP) is 4.07. The summed E-state index contributed by atoms with van der Waals surface area (Å²) in [5.74, 6) is -0.743. The second-order valence-electron chi connectivity index (χ2n) is 6.12. The van der Waals surface area contributed by atoms with Gasteiger partial charge in [-0.2, -0.15) is 0 Å². The van der Waals surface area contributed by atoms with Gasteiger partial charge in [0.15, 0.2) is 5.78 Å². The summed E-state index contributed by atoms with van der Waals surface area (Å²) in [4.78, 5) is 27.9. The number of anilines is 1. The minimum atomic E-state index is -0.418. The van der Waals surface area contributed by atoms with E-state index in [2.05, 4.69) is 10.3 Å². The number of carbonyl (C=O) groups excluding carboxylic acids is 2. The predicted molar refractivity (Wildman–Crippen MR) is 98.2 cm³/mol. The van der Waals surface area contributed by atoms with Crippen LogP contribution < -0.4 is 5.32 Å². The summed E-state index contributed by atoms with van der Waals surface area (Å²) in [7, 11) is 0. The number of Topliss-reactive ketones (excluding diaryl/α,β-unsaturated/α-hetero) is 1. The number of ketones is 1. The first kappa shape index (κ1) is 16.0. The second kappa shape index (κ2) is 6.44. The van der Waals surface area contributed by atoms with Gasteiger partial charge >= 0.3 is 0 Å². The fraction of sp³-hybridized carbons (Fsp3) is 0.0476. The molecule has 3 aromatic rings. The fourth-order valence-corrected chi connectivity index (χ4v) is 3.06. The molecule has 1 aliphatic rings. The maximum atomic E-state index is 13.3. The van der Waals surface area contributed by atoms with Gasteiger partial charge < -0.3 is 10.3 Å². The van der Waals surface area contributed by atoms with Crippen molar-refractivity contribution in [2.75, 3.05) is 5.32 Å². The van der Waals surface area contributed by atoms with Gasteiger partial charge in [0.2, 0.25) is 0 Å². The number of carbonyl (C=O) groups is 2. The van der Waals surface area contributed by atoms with Gasteiger partial charge in [0.1, 0.15) is 5.82 Å². The molecule has 0 fully saturated rings. The molecule has 26 heavy (non-hydrogen) atoms. The summed E-state index contributed by atoms with van der Waals surface area (Å²) in [6.07, 6.45) is 3.91. The lowest BCUT2D eigenvalue weighted by molar-refractivity contribution is -0.112. The topological polar surface area (TPSA) is 62.0 Å². The molecule has 1 aliphatic carbocycles. The number of hydrogen-bond acceptors (Lipinski definition) is 2. The van der Waals surface area contributed by atoms with Crippen LogP contribution in [0.15, 0.2) is 60.8 Å². The number of allylic oxidation sites excluding steroid dienone is 1. The fourth-order valence-electron chi connectivity index (χ4n) is 3.06. The largest absolute Gasteiger partial charge is 0.362 e. The van der Waals surface area contributed by atoms with Crippen molar-refractivity contribution in [1.82, 2.24) is 4.98 Å². The van der Waals surface area contributed by atoms with Crippen molar-refractivity contribution in [1.29, 1.82) is 0 Å². The standard InChI is InChI=1S/C21H15FN2O2/c22-15-3-1-4-17(11-15)24-21(26)14-7-6-13-10-20(25)19(18(13)9-14)12-16-5-2-8-23-16/h1-9,11-12,23H,10H2,(H,24,26)/b19-12-. The molecule has 1 heterocycles. The van der Waals surface area contributed by atoms with Crippen molar-refractivity contribution in [2.45, 2.75) is 6.42 Å². The second-order valence-corrected chi connectivity index (χ2v) is 6.12. The molecule has 0 saturated heterocycles. The maximum absolute atomic E-state index is 13.3. The highest BCUT2D eigenvalue weighted by atomic mass is 19.1. The number of amides is 1. The van der Waals surface area contributed by atoms with Gasteiger partial charge in [0.05, 0.1) is 0 Å². The normalized spacial score (nSPS) is 14.5. The highest BCUT2D eigenvalue weighted by molar-refractivity contribution is 6.29. The van der Waals surface area contributed by atoms with Gasteiger partial charge in [-0.25, -0.2) is 4.39 Å². The average Bonchev–Trinajstić information content (AvgIpc) is 3.23. The summed E-state index contributed by atoms with van der Waals surface area (Å²) >= 11 is 0. The molecule has 128 valence electrons. The Morgan fingerprint density at radius 3 is 2.77 bits per heavy atom. The lowest BCUT2D eigenvalue weighted by Gasteiger charge is -2.07. The van der Waals surface area contributed by atoms with Gasteiger partial charge in [0, 0.05) is 35.1 Å². The van der Waals surface area contributed by atoms with Gasteiger partial charge in [-0.3, -0.25) is 9.59 Å². The highest BCUT2D eigenvalue weighted by Gasteiger charge is 2.25. The van der Waals surface area contributed by atoms with E-state index < -0.39 is 5.82 Å². The molecule has 1 aromatic heterocycles. The quantitative estimate of drug-likeness (QED) is 0.702. The number of rotatable bonds is 3. The van der Waals surface area contributed by atoms with E-state index >= 15 is 0 Å². The first-order chi connectivity index (χ1) is 12.6. The number of halogens is 1. The Hall–Kier alpha value is -3.47. The molecule has 2 aromatic carbocycles. The van der Waals surface area contributed by atoms with Crippen molar-refractivity contribution < 1.29 is 14.0 Å². The molecular weight excluding hydrogens is 331 g/mol. The van der Waals surface area contributed by atoms with Crippen LogP contribution in [0, 0.1) is 5.82 Å². The van der Waals surface area contributed by atoms with Gasteiger partial charge in [-0.05, 0) is 59.7 Å². The van der Waals surface area contributed by atoms with Crippen LogP contribution in [0.2, 0.25) is 0 Å². The Morgan fingerprint density at radius 1 is 1.12 bits per heavy atom. The van der Waals surface area contributed by atoms with Crippen LogP contribution in [0.3, 0.4) is 0 Å². The van der Waals surface area contributed by atoms with Crippen LogP contribution in [0.5, 0.6) is 0 Å². The van der Waals surface area contributed by atoms with E-state index in [-0.39, 0.29) is 11.7 Å². The summed E-state index contributed by atoms with van der Waals surface area (Å²) in [6.45, 7) is 0. The van der Waals surface area contributed by atoms with Crippen molar-refractivity contribution in [3.63, 3.8) is 0 Å². The number of H-pyrrole nitrogens is 1. The van der Waals surface area contributed by atoms with Crippen LogP contribution in [-0.2, 0) is 11.2 Å². The van der Waals surface area contributed by atoms with E-state index in [9.17, 15) is 14.0 Å². The smallest absolute Gasteiger partial charge is 0.255 e. The third-order valence-corrected chi connectivity index (χ3v) is 4.32. The monoisotopic (exact) mass is 346 g/mol. The molecule has 2 N–H and O–H groups in total. The van der Waals surface area contributed by atoms with Crippen molar-refractivity contribution in [2.24, 2.45) is 0 Å². The zero-order chi connectivity index (χ0) is 18.1. The van der Waals surface area contributed by atoms with Gasteiger partial charge in [0.25, 0.3) is 5.91 Å². The van der Waals surface area contributed by atoms with Gasteiger partial charge in [-0.1, -0.05) is 12.1 Å². The number of aromatic amines is 1. The van der Waals surface area contributed by atoms with E-state index in [1.165, 1.54) is 18.2 Å². The Balaban J connectivity index is 1.65. The summed E-state index contributed by atoms with van der Waals surface area (Å²) in [5, 5.41) is 2.67. The molecule has 0 radical (unpaired) electrons. The first-order valence-electron chi connectivity index (χ1n) is 8.19. The van der Waals surface area contributed by atoms with Crippen molar-refractivity contribution >= 4 is 29.0 Å². The number of fused-ring (bicyclic) bond motifs is 1. The zero-order valence-electron chi connectivity index (χ0n) is 13.8. The van der Waals surface area contributed by atoms with E-state index in [1.54, 1.807) is 36.5 Å². The van der Waals surface area contributed by atoms with Crippen LogP contribution >= 0.6 is 0 Å². The minimum Gasteiger partial charge on any atom is -0.362 e. The first-order valence-corrected chi connectivity index (χ1v) is 8.19. The Kier molecular flexibility index (Phi) is 3.97. The molecule has 0 atom stereocenters. The Labute approximate surface area is 149 Å². The summed E-state index contributed by atoms with van der Waals surface area (Å²) in [6, 6.07) is 14.6. The lowest BCUT2D eigenvalue weighted by Crippen LogP contribution is -2.12. The van der Waals surface area contributed by atoms with Crippen LogP contribution in [0.4, 0.5) is 10.1 Å². The molecule has 0 bridgehead atoms. The van der Waals surface area contributed by atoms with Crippen LogP contribution in [0.1, 0.15) is 27.2 Å². The minimum absolute atomic E-state index is 0.0253. The van der Waals surface area contributed by atoms with E-state index in [0.717, 1.165) is 16.8 Å². The molecule has 0 aliphatic heterocycles. The van der Waals surface area contributed by atoms with Crippen molar-refractivity contribution in [3.8, 4) is 0 Å². The van der Waals surface area contributed by atoms with Crippen LogP contribution in [0.25, 0.3) is 11.6 Å². The zero-order valence-corrected chi connectivity index (χ0v) is 13.8. The molecule has 0 saturated carbocycles.